The molecule has 5 aromatic rings. The molecule has 0 N–H and O–H groups in total. The Labute approximate surface area is 168 Å². The maximum Gasteiger partial charge on any atom is 0.212 e. The first-order valence-electron chi connectivity index (χ1n) is 9.62. The highest BCUT2D eigenvalue weighted by Crippen LogP contribution is 2.39. The van der Waals surface area contributed by atoms with Gasteiger partial charge < -0.3 is 8.98 Å². The highest BCUT2D eigenvalue weighted by molar-refractivity contribution is 6.00. The second kappa shape index (κ2) is 7.28. The largest absolute Gasteiger partial charge is 0.439 e. The van der Waals surface area contributed by atoms with E-state index < -0.39 is 0 Å². The van der Waals surface area contributed by atoms with Crippen LogP contribution in [-0.2, 0) is 6.54 Å². The third-order valence-corrected chi connectivity index (χ3v) is 5.10. The smallest absolute Gasteiger partial charge is 0.212 e. The summed E-state index contributed by atoms with van der Waals surface area (Å²) in [6.45, 7) is 0.633. The third-order valence-electron chi connectivity index (χ3n) is 5.10. The van der Waals surface area contributed by atoms with E-state index in [1.807, 2.05) is 89.6 Å². The van der Waals surface area contributed by atoms with Gasteiger partial charge in [0.1, 0.15) is 5.76 Å². The normalized spacial score (nSPS) is 11.0. The van der Waals surface area contributed by atoms with Crippen molar-refractivity contribution in [2.24, 2.45) is 0 Å². The second-order valence-corrected chi connectivity index (χ2v) is 7.01. The molecule has 0 radical (unpaired) electrons. The maximum absolute atomic E-state index is 12.9. The molecule has 0 spiro atoms. The van der Waals surface area contributed by atoms with Gasteiger partial charge in [0.15, 0.2) is 5.43 Å². The van der Waals surface area contributed by atoms with Crippen molar-refractivity contribution in [1.82, 2.24) is 4.57 Å². The van der Waals surface area contributed by atoms with Gasteiger partial charge in [-0.3, -0.25) is 4.79 Å². The van der Waals surface area contributed by atoms with E-state index in [-0.39, 0.29) is 5.43 Å². The van der Waals surface area contributed by atoms with E-state index in [2.05, 4.69) is 12.1 Å². The third kappa shape index (κ3) is 3.17. The lowest BCUT2D eigenvalue weighted by Gasteiger charge is -2.07. The molecule has 0 aliphatic carbocycles. The van der Waals surface area contributed by atoms with Crippen LogP contribution in [0.3, 0.4) is 0 Å². The Morgan fingerprint density at radius 2 is 1.28 bits per heavy atom. The van der Waals surface area contributed by atoms with Gasteiger partial charge >= 0.3 is 0 Å². The first-order chi connectivity index (χ1) is 14.3. The van der Waals surface area contributed by atoms with Crippen molar-refractivity contribution < 1.29 is 4.42 Å². The van der Waals surface area contributed by atoms with Gasteiger partial charge in [-0.15, -0.1) is 0 Å². The van der Waals surface area contributed by atoms with Crippen molar-refractivity contribution in [3.05, 3.63) is 119 Å². The Morgan fingerprint density at radius 1 is 0.690 bits per heavy atom. The zero-order chi connectivity index (χ0) is 19.6. The first-order valence-corrected chi connectivity index (χ1v) is 9.62. The van der Waals surface area contributed by atoms with E-state index in [1.54, 1.807) is 6.07 Å². The lowest BCUT2D eigenvalue weighted by Crippen LogP contribution is -2.07. The fraction of sp³-hybridized carbons (Fsp3) is 0.0385. The number of nitrogens with zero attached hydrogens (tertiary/aromatic N) is 1. The quantitative estimate of drug-likeness (QED) is 0.386. The van der Waals surface area contributed by atoms with Gasteiger partial charge in [-0.05, 0) is 11.1 Å². The molecule has 2 heterocycles. The Balaban J connectivity index is 1.81. The van der Waals surface area contributed by atoms with Gasteiger partial charge in [0.25, 0.3) is 0 Å². The first kappa shape index (κ1) is 17.3. The molecule has 0 aliphatic heterocycles. The van der Waals surface area contributed by atoms with Crippen LogP contribution in [0, 0.1) is 0 Å². The number of pyridine rings is 1. The van der Waals surface area contributed by atoms with Crippen LogP contribution in [0.2, 0.25) is 0 Å². The minimum Gasteiger partial charge on any atom is -0.439 e. The Kier molecular flexibility index (Phi) is 4.34. The van der Waals surface area contributed by atoms with Gasteiger partial charge in [-0.1, -0.05) is 91.0 Å². The van der Waals surface area contributed by atoms with Crippen LogP contribution in [0.1, 0.15) is 5.56 Å². The summed E-state index contributed by atoms with van der Waals surface area (Å²) in [5.41, 5.74) is 4.48. The van der Waals surface area contributed by atoms with Crippen LogP contribution in [0.15, 0.2) is 112 Å². The lowest BCUT2D eigenvalue weighted by atomic mass is 9.99. The molecular formula is C26H19NO2. The molecule has 0 amide bonds. The van der Waals surface area contributed by atoms with Gasteiger partial charge in [-0.25, -0.2) is 0 Å². The van der Waals surface area contributed by atoms with Crippen molar-refractivity contribution in [3.63, 3.8) is 0 Å². The Hall–Kier alpha value is -3.85. The van der Waals surface area contributed by atoms with E-state index in [0.29, 0.717) is 17.6 Å². The summed E-state index contributed by atoms with van der Waals surface area (Å²) < 4.78 is 8.39. The van der Waals surface area contributed by atoms with E-state index >= 15 is 0 Å². The molecular weight excluding hydrogens is 358 g/mol. The summed E-state index contributed by atoms with van der Waals surface area (Å²) in [4.78, 5) is 12.9. The molecule has 29 heavy (non-hydrogen) atoms. The van der Waals surface area contributed by atoms with Crippen LogP contribution in [-0.4, -0.2) is 4.57 Å². The summed E-state index contributed by atoms with van der Waals surface area (Å²) in [6, 6.07) is 31.7. The fourth-order valence-corrected chi connectivity index (χ4v) is 3.74. The van der Waals surface area contributed by atoms with E-state index in [1.165, 1.54) is 0 Å². The Bertz CT molecular complexity index is 1320. The SMILES string of the molecule is O=c1ccn(Cc2ccccc2)c2oc(-c3ccccc3)c(-c3ccccc3)c12. The molecule has 5 rings (SSSR count). The van der Waals surface area contributed by atoms with Crippen molar-refractivity contribution >= 4 is 11.1 Å². The monoisotopic (exact) mass is 377 g/mol. The molecule has 2 aromatic heterocycles. The number of aromatic nitrogens is 1. The summed E-state index contributed by atoms with van der Waals surface area (Å²) in [6.07, 6.45) is 1.81. The van der Waals surface area contributed by atoms with Crippen LogP contribution < -0.4 is 5.43 Å². The fourth-order valence-electron chi connectivity index (χ4n) is 3.74. The van der Waals surface area contributed by atoms with Crippen molar-refractivity contribution in [3.8, 4) is 22.5 Å². The summed E-state index contributed by atoms with van der Waals surface area (Å²) in [5, 5.41) is 0.619. The van der Waals surface area contributed by atoms with Gasteiger partial charge in [0.2, 0.25) is 5.71 Å². The summed E-state index contributed by atoms with van der Waals surface area (Å²) >= 11 is 0. The molecule has 0 unspecified atom stereocenters. The topological polar surface area (TPSA) is 35.1 Å². The number of rotatable bonds is 4. The minimum absolute atomic E-state index is 0.0332. The molecule has 0 saturated heterocycles. The average molecular weight is 377 g/mol. The highest BCUT2D eigenvalue weighted by atomic mass is 16.3. The molecule has 0 bridgehead atoms. The number of fused-ring (bicyclic) bond motifs is 1. The van der Waals surface area contributed by atoms with Crippen molar-refractivity contribution in [1.29, 1.82) is 0 Å². The predicted molar refractivity (Wildman–Crippen MR) is 117 cm³/mol. The van der Waals surface area contributed by atoms with E-state index in [0.717, 1.165) is 28.0 Å². The van der Waals surface area contributed by atoms with E-state index in [4.69, 9.17) is 4.42 Å². The van der Waals surface area contributed by atoms with Crippen LogP contribution in [0.25, 0.3) is 33.6 Å². The molecule has 0 fully saturated rings. The number of hydrogen-bond donors (Lipinski definition) is 0. The molecule has 3 nitrogen and oxygen atoms in total. The van der Waals surface area contributed by atoms with E-state index in [9.17, 15) is 4.79 Å². The molecule has 3 aromatic carbocycles. The van der Waals surface area contributed by atoms with Crippen LogP contribution in [0.4, 0.5) is 0 Å². The number of benzene rings is 3. The van der Waals surface area contributed by atoms with Crippen LogP contribution in [0.5, 0.6) is 0 Å². The molecule has 140 valence electrons. The Morgan fingerprint density at radius 3 is 1.93 bits per heavy atom. The molecule has 3 heteroatoms. The predicted octanol–water partition coefficient (Wildman–Crippen LogP) is 5.98. The van der Waals surface area contributed by atoms with Crippen molar-refractivity contribution in [2.75, 3.05) is 0 Å². The molecule has 0 aliphatic rings. The number of furan rings is 1. The number of hydrogen-bond acceptors (Lipinski definition) is 2. The van der Waals surface area contributed by atoms with Crippen molar-refractivity contribution in [2.45, 2.75) is 6.54 Å². The zero-order valence-corrected chi connectivity index (χ0v) is 15.8. The average Bonchev–Trinajstić information content (AvgIpc) is 3.19. The summed E-state index contributed by atoms with van der Waals surface area (Å²) in [5.74, 6) is 0.719. The molecule has 0 saturated carbocycles. The standard InChI is InChI=1S/C26H19NO2/c28-22-16-17-27(18-19-10-4-1-5-11-19)26-24(22)23(20-12-6-2-7-13-20)25(29-26)21-14-8-3-9-15-21/h1-17H,18H2. The van der Waals surface area contributed by atoms with Gasteiger partial charge in [0.05, 0.1) is 11.9 Å². The maximum atomic E-state index is 12.9. The zero-order valence-electron chi connectivity index (χ0n) is 15.8. The highest BCUT2D eigenvalue weighted by Gasteiger charge is 2.21. The van der Waals surface area contributed by atoms with Gasteiger partial charge in [-0.2, -0.15) is 0 Å². The minimum atomic E-state index is -0.0332. The second-order valence-electron chi connectivity index (χ2n) is 7.01. The van der Waals surface area contributed by atoms with Crippen LogP contribution >= 0.6 is 0 Å². The lowest BCUT2D eigenvalue weighted by molar-refractivity contribution is 0.585. The molecule has 0 atom stereocenters. The van der Waals surface area contributed by atoms with Gasteiger partial charge in [0, 0.05) is 23.4 Å². The summed E-state index contributed by atoms with van der Waals surface area (Å²) in [7, 11) is 0.